The van der Waals surface area contributed by atoms with Gasteiger partial charge in [0.25, 0.3) is 0 Å². The number of ether oxygens (including phenoxy) is 1. The molecule has 198 valence electrons. The van der Waals surface area contributed by atoms with Crippen molar-refractivity contribution in [1.82, 2.24) is 15.3 Å². The normalized spacial score (nSPS) is 18.4. The summed E-state index contributed by atoms with van der Waals surface area (Å²) < 4.78 is 7.46. The zero-order chi connectivity index (χ0) is 26.9. The van der Waals surface area contributed by atoms with E-state index in [0.717, 1.165) is 48.3 Å². The molecule has 0 aliphatic carbocycles. The molecule has 0 spiro atoms. The van der Waals surface area contributed by atoms with E-state index in [1.165, 1.54) is 20.3 Å². The quantitative estimate of drug-likeness (QED) is 0.107. The third-order valence-electron chi connectivity index (χ3n) is 7.19. The Hall–Kier alpha value is -2.68. The Morgan fingerprint density at radius 1 is 1.03 bits per heavy atom. The Bertz CT molecular complexity index is 1270. The maximum atomic E-state index is 11.7. The first-order valence-corrected chi connectivity index (χ1v) is 14.3. The van der Waals surface area contributed by atoms with Gasteiger partial charge in [-0.05, 0) is 115 Å². The van der Waals surface area contributed by atoms with E-state index in [1.807, 2.05) is 30.3 Å². The van der Waals surface area contributed by atoms with Crippen molar-refractivity contribution in [3.63, 3.8) is 0 Å². The first kappa shape index (κ1) is 28.3. The average molecular weight is 622 g/mol. The Balaban J connectivity index is 1.41. The van der Waals surface area contributed by atoms with Crippen LogP contribution in [0.1, 0.15) is 73.3 Å². The summed E-state index contributed by atoms with van der Waals surface area (Å²) in [6.07, 6.45) is 8.67. The highest BCUT2D eigenvalue weighted by atomic mass is 127. The molecule has 2 aromatic carbocycles. The molecule has 0 radical (unpaired) electrons. The lowest BCUT2D eigenvalue weighted by molar-refractivity contribution is 0.101. The van der Waals surface area contributed by atoms with Crippen molar-refractivity contribution in [2.45, 2.75) is 52.0 Å². The predicted octanol–water partition coefficient (Wildman–Crippen LogP) is 7.10. The van der Waals surface area contributed by atoms with Crippen LogP contribution < -0.4 is 5.32 Å². The van der Waals surface area contributed by atoms with E-state index in [9.17, 15) is 4.79 Å². The van der Waals surface area contributed by atoms with Gasteiger partial charge < -0.3 is 10.1 Å². The summed E-state index contributed by atoms with van der Waals surface area (Å²) in [6.45, 7) is 8.24. The van der Waals surface area contributed by atoms with E-state index in [1.54, 1.807) is 19.3 Å². The Kier molecular flexibility index (Phi) is 10.4. The van der Waals surface area contributed by atoms with Crippen LogP contribution in [0.4, 0.5) is 0 Å². The molecule has 0 saturated carbocycles. The summed E-state index contributed by atoms with van der Waals surface area (Å²) >= 11 is 2.36. The first-order valence-electron chi connectivity index (χ1n) is 13.3. The van der Waals surface area contributed by atoms with Crippen LogP contribution in [0.5, 0.6) is 0 Å². The molecule has 1 saturated heterocycles. The number of ketones is 1. The molecule has 1 aliphatic heterocycles. The average Bonchev–Trinajstić information content (AvgIpc) is 3.41. The third-order valence-corrected chi connectivity index (χ3v) is 7.91. The maximum absolute atomic E-state index is 11.7. The van der Waals surface area contributed by atoms with Gasteiger partial charge in [-0.15, -0.1) is 0 Å². The lowest BCUT2D eigenvalue weighted by atomic mass is 9.92. The van der Waals surface area contributed by atoms with E-state index in [4.69, 9.17) is 4.74 Å². The van der Waals surface area contributed by atoms with E-state index >= 15 is 0 Å². The van der Waals surface area contributed by atoms with Gasteiger partial charge >= 0.3 is 0 Å². The van der Waals surface area contributed by atoms with Crippen LogP contribution in [0.2, 0.25) is 0 Å². The molecule has 3 aromatic rings. The number of rotatable bonds is 11. The van der Waals surface area contributed by atoms with E-state index in [-0.39, 0.29) is 5.78 Å². The zero-order valence-corrected chi connectivity index (χ0v) is 24.6. The summed E-state index contributed by atoms with van der Waals surface area (Å²) in [5, 5.41) is 3.63. The molecule has 2 heterocycles. The lowest BCUT2D eigenvalue weighted by Crippen LogP contribution is -2.31. The van der Waals surface area contributed by atoms with E-state index < -0.39 is 0 Å². The molecule has 0 bridgehead atoms. The molecule has 2 atom stereocenters. The van der Waals surface area contributed by atoms with Crippen molar-refractivity contribution < 1.29 is 9.53 Å². The predicted molar refractivity (Wildman–Crippen MR) is 163 cm³/mol. The first-order chi connectivity index (χ1) is 18.4. The van der Waals surface area contributed by atoms with E-state index in [2.05, 4.69) is 82.1 Å². The number of aromatic nitrogens is 2. The zero-order valence-electron chi connectivity index (χ0n) is 22.4. The van der Waals surface area contributed by atoms with E-state index in [0.29, 0.717) is 25.2 Å². The van der Waals surface area contributed by atoms with Gasteiger partial charge in [-0.3, -0.25) is 4.79 Å². The molecule has 1 N–H and O–H groups in total. The number of nitrogens with one attached hydrogen (secondary N) is 1. The molecule has 1 fully saturated rings. The van der Waals surface area contributed by atoms with Gasteiger partial charge in [-0.1, -0.05) is 42.5 Å². The van der Waals surface area contributed by atoms with Crippen LogP contribution in [0.25, 0.3) is 11.1 Å². The number of carbonyl (C=O) groups is 1. The summed E-state index contributed by atoms with van der Waals surface area (Å²) in [5.74, 6) is 1.31. The molecule has 1 aliphatic rings. The highest BCUT2D eigenvalue weighted by molar-refractivity contribution is 14.1. The van der Waals surface area contributed by atoms with Gasteiger partial charge in [0.05, 0.1) is 6.61 Å². The second-order valence-electron chi connectivity index (χ2n) is 9.87. The van der Waals surface area contributed by atoms with Gasteiger partial charge in [0.2, 0.25) is 0 Å². The van der Waals surface area contributed by atoms with Gasteiger partial charge in [0, 0.05) is 40.1 Å². The monoisotopic (exact) mass is 621 g/mol. The fraction of sp³-hybridized carbons (Fsp3) is 0.344. The van der Waals surface area contributed by atoms with Gasteiger partial charge in [-0.25, -0.2) is 9.97 Å². The van der Waals surface area contributed by atoms with Crippen molar-refractivity contribution in [2.75, 3.05) is 19.8 Å². The number of carbonyl (C=O) groups excluding carboxylic acids is 1. The number of halogens is 1. The van der Waals surface area contributed by atoms with Crippen LogP contribution in [0, 0.1) is 3.57 Å². The van der Waals surface area contributed by atoms with Gasteiger partial charge in [-0.2, -0.15) is 0 Å². The molecule has 0 amide bonds. The van der Waals surface area contributed by atoms with Crippen molar-refractivity contribution in [3.05, 3.63) is 105 Å². The number of nitrogens with zero attached hydrogens (tertiary/aromatic N) is 2. The molecule has 6 heteroatoms. The maximum Gasteiger partial charge on any atom is 0.159 e. The number of benzene rings is 2. The van der Waals surface area contributed by atoms with Crippen molar-refractivity contribution >= 4 is 39.5 Å². The second kappa shape index (κ2) is 13.9. The van der Waals surface area contributed by atoms with Gasteiger partial charge in [0.15, 0.2) is 11.6 Å². The van der Waals surface area contributed by atoms with Crippen molar-refractivity contribution in [3.8, 4) is 0 Å². The largest absolute Gasteiger partial charge is 0.380 e. The fourth-order valence-corrected chi connectivity index (χ4v) is 5.32. The van der Waals surface area contributed by atoms with Crippen LogP contribution >= 0.6 is 22.6 Å². The fourth-order valence-electron chi connectivity index (χ4n) is 4.96. The number of allylic oxidation sites excluding steroid dienone is 4. The SMILES string of the molecule is CC(=O)c1ccc(/C(C)=C(/C=C(\C)c2ncccn2)CCCOC[C@H]2NCC[C@@H]2c2ccc(I)cc2)cc1. The minimum absolute atomic E-state index is 0.0773. The summed E-state index contributed by atoms with van der Waals surface area (Å²) in [5.41, 5.74) is 6.67. The summed E-state index contributed by atoms with van der Waals surface area (Å²) in [4.78, 5) is 20.5. The number of hydrogen-bond donors (Lipinski definition) is 1. The molecule has 4 rings (SSSR count). The van der Waals surface area contributed by atoms with Crippen LogP contribution in [-0.2, 0) is 4.74 Å². The Labute approximate surface area is 240 Å². The topological polar surface area (TPSA) is 64.1 Å². The van der Waals surface area contributed by atoms with Crippen LogP contribution in [0.3, 0.4) is 0 Å². The van der Waals surface area contributed by atoms with Gasteiger partial charge in [0.1, 0.15) is 0 Å². The highest BCUT2D eigenvalue weighted by Crippen LogP contribution is 2.29. The molecule has 0 unspecified atom stereocenters. The number of Topliss-reactive ketones (excluding diaryl/α,β-unsaturated/α-hetero) is 1. The molecule has 1 aromatic heterocycles. The summed E-state index contributed by atoms with van der Waals surface area (Å²) in [6, 6.07) is 18.9. The molecular formula is C32H36IN3O2. The standard InChI is InChI=1S/C32H36IN3O2/c1-22(32-35-16-5-17-36-32)20-28(23(2)25-7-9-26(10-8-25)24(3)37)6-4-19-38-21-31-30(15-18-34-31)27-11-13-29(33)14-12-27/h5,7-14,16-17,20,30-31,34H,4,6,15,18-19,21H2,1-3H3/b22-20+,28-23+/t30-,31-/m1/s1. The van der Waals surface area contributed by atoms with Crippen molar-refractivity contribution in [1.29, 1.82) is 0 Å². The highest BCUT2D eigenvalue weighted by Gasteiger charge is 2.28. The minimum Gasteiger partial charge on any atom is -0.380 e. The second-order valence-corrected chi connectivity index (χ2v) is 11.1. The molecule has 5 nitrogen and oxygen atoms in total. The Morgan fingerprint density at radius 2 is 1.71 bits per heavy atom. The number of hydrogen-bond acceptors (Lipinski definition) is 5. The minimum atomic E-state index is 0.0773. The molecule has 38 heavy (non-hydrogen) atoms. The third kappa shape index (κ3) is 7.68. The Morgan fingerprint density at radius 3 is 2.39 bits per heavy atom. The van der Waals surface area contributed by atoms with Crippen LogP contribution in [0.15, 0.2) is 78.6 Å². The molecular weight excluding hydrogens is 585 g/mol. The van der Waals surface area contributed by atoms with Crippen molar-refractivity contribution in [2.24, 2.45) is 0 Å². The lowest BCUT2D eigenvalue weighted by Gasteiger charge is -2.20. The summed E-state index contributed by atoms with van der Waals surface area (Å²) in [7, 11) is 0. The smallest absolute Gasteiger partial charge is 0.159 e. The van der Waals surface area contributed by atoms with Crippen LogP contribution in [-0.4, -0.2) is 41.6 Å².